The van der Waals surface area contributed by atoms with Gasteiger partial charge in [-0.2, -0.15) is 0 Å². The summed E-state index contributed by atoms with van der Waals surface area (Å²) in [6.45, 7) is 0. The molecule has 2 aromatic carbocycles. The van der Waals surface area contributed by atoms with Gasteiger partial charge in [0.05, 0.1) is 7.11 Å². The van der Waals surface area contributed by atoms with Gasteiger partial charge in [-0.05, 0) is 60.8 Å². The van der Waals surface area contributed by atoms with Crippen LogP contribution in [0.15, 0.2) is 54.6 Å². The molecular formula is C20H22O. The van der Waals surface area contributed by atoms with E-state index in [0.717, 1.165) is 17.6 Å². The molecule has 0 atom stereocenters. The van der Waals surface area contributed by atoms with Crippen LogP contribution in [0.2, 0.25) is 0 Å². The second-order valence-electron chi connectivity index (χ2n) is 6.51. The van der Waals surface area contributed by atoms with Crippen molar-refractivity contribution in [2.24, 2.45) is 11.8 Å². The summed E-state index contributed by atoms with van der Waals surface area (Å²) in [7, 11) is 1.74. The van der Waals surface area contributed by atoms with E-state index >= 15 is 0 Å². The largest absolute Gasteiger partial charge is 0.497 e. The Balaban J connectivity index is 1.88. The van der Waals surface area contributed by atoms with Crippen molar-refractivity contribution >= 4 is 0 Å². The topological polar surface area (TPSA) is 9.23 Å². The number of hydrogen-bond donors (Lipinski definition) is 0. The quantitative estimate of drug-likeness (QED) is 0.783. The Morgan fingerprint density at radius 2 is 1.29 bits per heavy atom. The first-order valence-electron chi connectivity index (χ1n) is 8.05. The van der Waals surface area contributed by atoms with Crippen molar-refractivity contribution in [3.05, 3.63) is 65.7 Å². The molecule has 0 spiro atoms. The molecule has 1 nitrogen and oxygen atoms in total. The summed E-state index contributed by atoms with van der Waals surface area (Å²) in [6.07, 6.45) is 5.52. The molecule has 0 radical (unpaired) electrons. The predicted molar refractivity (Wildman–Crippen MR) is 85.7 cm³/mol. The van der Waals surface area contributed by atoms with Crippen LogP contribution in [0, 0.1) is 11.8 Å². The van der Waals surface area contributed by atoms with Crippen molar-refractivity contribution in [1.29, 1.82) is 0 Å². The fourth-order valence-electron chi connectivity index (χ4n) is 5.03. The van der Waals surface area contributed by atoms with Gasteiger partial charge in [0, 0.05) is 5.41 Å². The Hall–Kier alpha value is -1.76. The van der Waals surface area contributed by atoms with Crippen LogP contribution in [-0.2, 0) is 5.41 Å². The van der Waals surface area contributed by atoms with Gasteiger partial charge in [-0.25, -0.2) is 0 Å². The first-order valence-corrected chi connectivity index (χ1v) is 8.05. The molecule has 2 aliphatic carbocycles. The number of rotatable bonds is 3. The minimum atomic E-state index is 0.244. The maximum absolute atomic E-state index is 5.34. The van der Waals surface area contributed by atoms with Gasteiger partial charge in [0.1, 0.15) is 5.75 Å². The number of ether oxygens (including phenoxy) is 1. The summed E-state index contributed by atoms with van der Waals surface area (Å²) < 4.78 is 5.34. The van der Waals surface area contributed by atoms with E-state index < -0.39 is 0 Å². The molecule has 0 amide bonds. The number of methoxy groups -OCH3 is 1. The molecule has 108 valence electrons. The Labute approximate surface area is 127 Å². The maximum Gasteiger partial charge on any atom is 0.118 e. The van der Waals surface area contributed by atoms with Gasteiger partial charge in [0.25, 0.3) is 0 Å². The molecule has 2 fully saturated rings. The SMILES string of the molecule is COc1ccc(C2(c3ccccc3)C3CCC2CC3)cc1. The fourth-order valence-corrected chi connectivity index (χ4v) is 5.03. The van der Waals surface area contributed by atoms with Gasteiger partial charge < -0.3 is 4.74 Å². The van der Waals surface area contributed by atoms with E-state index in [2.05, 4.69) is 54.6 Å². The highest BCUT2D eigenvalue weighted by atomic mass is 16.5. The van der Waals surface area contributed by atoms with Crippen LogP contribution in [0.5, 0.6) is 5.75 Å². The van der Waals surface area contributed by atoms with Crippen molar-refractivity contribution in [3.63, 3.8) is 0 Å². The highest BCUT2D eigenvalue weighted by Crippen LogP contribution is 2.62. The molecule has 21 heavy (non-hydrogen) atoms. The molecule has 0 heterocycles. The third-order valence-electron chi connectivity index (χ3n) is 5.83. The van der Waals surface area contributed by atoms with Crippen LogP contribution >= 0.6 is 0 Å². The van der Waals surface area contributed by atoms with Crippen LogP contribution in [0.1, 0.15) is 36.8 Å². The molecule has 2 aliphatic rings. The zero-order valence-corrected chi connectivity index (χ0v) is 12.6. The van der Waals surface area contributed by atoms with E-state index in [1.165, 1.54) is 36.8 Å². The summed E-state index contributed by atoms with van der Waals surface area (Å²) in [5, 5.41) is 0. The van der Waals surface area contributed by atoms with Crippen molar-refractivity contribution in [2.75, 3.05) is 7.11 Å². The Morgan fingerprint density at radius 1 is 0.762 bits per heavy atom. The third kappa shape index (κ3) is 1.76. The van der Waals surface area contributed by atoms with Crippen molar-refractivity contribution in [1.82, 2.24) is 0 Å². The van der Waals surface area contributed by atoms with Crippen LogP contribution in [-0.4, -0.2) is 7.11 Å². The van der Waals surface area contributed by atoms with Crippen LogP contribution in [0.3, 0.4) is 0 Å². The first kappa shape index (κ1) is 12.9. The van der Waals surface area contributed by atoms with E-state index in [9.17, 15) is 0 Å². The molecule has 2 aromatic rings. The van der Waals surface area contributed by atoms with E-state index in [-0.39, 0.29) is 5.41 Å². The molecule has 0 N–H and O–H groups in total. The monoisotopic (exact) mass is 278 g/mol. The Morgan fingerprint density at radius 3 is 1.81 bits per heavy atom. The third-order valence-corrected chi connectivity index (χ3v) is 5.83. The van der Waals surface area contributed by atoms with E-state index in [0.29, 0.717) is 0 Å². The Kier molecular flexibility index (Phi) is 3.02. The number of benzene rings is 2. The van der Waals surface area contributed by atoms with Crippen molar-refractivity contribution < 1.29 is 4.74 Å². The standard InChI is InChI=1S/C20H22O/c1-21-19-13-11-18(12-14-19)20(15-5-3-2-4-6-15)16-7-8-17(20)10-9-16/h2-6,11-14,16-17H,7-10H2,1H3. The number of fused-ring (bicyclic) bond motifs is 2. The molecule has 0 saturated heterocycles. The van der Waals surface area contributed by atoms with Crippen LogP contribution in [0.25, 0.3) is 0 Å². The van der Waals surface area contributed by atoms with Gasteiger partial charge in [-0.15, -0.1) is 0 Å². The molecular weight excluding hydrogens is 256 g/mol. The van der Waals surface area contributed by atoms with Gasteiger partial charge in [-0.3, -0.25) is 0 Å². The summed E-state index contributed by atoms with van der Waals surface area (Å²) >= 11 is 0. The summed E-state index contributed by atoms with van der Waals surface area (Å²) in [5.41, 5.74) is 3.24. The van der Waals surface area contributed by atoms with Gasteiger partial charge in [-0.1, -0.05) is 42.5 Å². The number of hydrogen-bond acceptors (Lipinski definition) is 1. The zero-order chi connectivity index (χ0) is 14.3. The normalized spacial score (nSPS) is 30.5. The average molecular weight is 278 g/mol. The lowest BCUT2D eigenvalue weighted by molar-refractivity contribution is 0.387. The summed E-state index contributed by atoms with van der Waals surface area (Å²) in [4.78, 5) is 0. The molecule has 1 heteroatoms. The highest BCUT2D eigenvalue weighted by Gasteiger charge is 2.55. The molecule has 2 saturated carbocycles. The van der Waals surface area contributed by atoms with Gasteiger partial charge >= 0.3 is 0 Å². The van der Waals surface area contributed by atoms with Crippen molar-refractivity contribution in [3.8, 4) is 5.75 Å². The van der Waals surface area contributed by atoms with E-state index in [1.807, 2.05) is 0 Å². The lowest BCUT2D eigenvalue weighted by Gasteiger charge is -2.36. The minimum Gasteiger partial charge on any atom is -0.497 e. The lowest BCUT2D eigenvalue weighted by atomic mass is 9.67. The van der Waals surface area contributed by atoms with Gasteiger partial charge in [0.15, 0.2) is 0 Å². The first-order chi connectivity index (χ1) is 10.4. The second-order valence-corrected chi connectivity index (χ2v) is 6.51. The highest BCUT2D eigenvalue weighted by molar-refractivity contribution is 5.46. The lowest BCUT2D eigenvalue weighted by Crippen LogP contribution is -2.33. The van der Waals surface area contributed by atoms with E-state index in [4.69, 9.17) is 4.74 Å². The van der Waals surface area contributed by atoms with Crippen molar-refractivity contribution in [2.45, 2.75) is 31.1 Å². The molecule has 0 aliphatic heterocycles. The van der Waals surface area contributed by atoms with E-state index in [1.54, 1.807) is 7.11 Å². The molecule has 0 unspecified atom stereocenters. The van der Waals surface area contributed by atoms with Crippen LogP contribution in [0.4, 0.5) is 0 Å². The molecule has 4 rings (SSSR count). The average Bonchev–Trinajstić information content (AvgIpc) is 3.12. The minimum absolute atomic E-state index is 0.244. The fraction of sp³-hybridized carbons (Fsp3) is 0.400. The molecule has 2 bridgehead atoms. The Bertz CT molecular complexity index is 594. The summed E-state index contributed by atoms with van der Waals surface area (Å²) in [5.74, 6) is 2.56. The zero-order valence-electron chi connectivity index (χ0n) is 12.6. The maximum atomic E-state index is 5.34. The smallest absolute Gasteiger partial charge is 0.118 e. The summed E-state index contributed by atoms with van der Waals surface area (Å²) in [6, 6.07) is 20.0. The second kappa shape index (κ2) is 4.91. The molecule has 0 aromatic heterocycles. The van der Waals surface area contributed by atoms with Crippen LogP contribution < -0.4 is 4.74 Å². The van der Waals surface area contributed by atoms with Gasteiger partial charge in [0.2, 0.25) is 0 Å². The predicted octanol–water partition coefficient (Wildman–Crippen LogP) is 4.80.